The Morgan fingerprint density at radius 2 is 1.82 bits per heavy atom. The Hall–Kier alpha value is -1.20. The van der Waals surface area contributed by atoms with Crippen molar-refractivity contribution < 1.29 is 0 Å². The lowest BCUT2D eigenvalue weighted by Crippen LogP contribution is -2.35. The third-order valence-electron chi connectivity index (χ3n) is 5.23. The van der Waals surface area contributed by atoms with E-state index in [1.807, 2.05) is 11.3 Å². The maximum atomic E-state index is 4.59. The van der Waals surface area contributed by atoms with Gasteiger partial charge in [0.15, 0.2) is 0 Å². The van der Waals surface area contributed by atoms with Crippen LogP contribution in [0.15, 0.2) is 6.33 Å². The van der Waals surface area contributed by atoms with Crippen LogP contribution < -0.4 is 10.6 Å². The molecule has 1 fully saturated rings. The fourth-order valence-electron chi connectivity index (χ4n) is 3.92. The van der Waals surface area contributed by atoms with E-state index in [0.29, 0.717) is 12.1 Å². The number of nitrogens with one attached hydrogen (secondary N) is 2. The second kappa shape index (κ2) is 6.13. The normalized spacial score (nSPS) is 25.1. The van der Waals surface area contributed by atoms with Crippen molar-refractivity contribution in [1.82, 2.24) is 15.3 Å². The van der Waals surface area contributed by atoms with Crippen LogP contribution in [0, 0.1) is 0 Å². The zero-order chi connectivity index (χ0) is 14.9. The van der Waals surface area contributed by atoms with E-state index in [1.54, 1.807) is 11.2 Å². The number of thiophene rings is 1. The summed E-state index contributed by atoms with van der Waals surface area (Å²) in [6, 6.07) is 1.25. The second-order valence-corrected chi connectivity index (χ2v) is 7.68. The summed E-state index contributed by atoms with van der Waals surface area (Å²) < 4.78 is 0. The van der Waals surface area contributed by atoms with E-state index in [4.69, 9.17) is 0 Å². The van der Waals surface area contributed by atoms with Crippen molar-refractivity contribution in [3.8, 4) is 0 Å². The number of hydrogen-bond acceptors (Lipinski definition) is 5. The fraction of sp³-hybridized carbons (Fsp3) is 0.647. The van der Waals surface area contributed by atoms with Gasteiger partial charge in [-0.3, -0.25) is 0 Å². The van der Waals surface area contributed by atoms with Crippen molar-refractivity contribution >= 4 is 27.4 Å². The molecule has 0 saturated heterocycles. The summed E-state index contributed by atoms with van der Waals surface area (Å²) >= 11 is 1.88. The van der Waals surface area contributed by atoms with Crippen LogP contribution in [0.3, 0.4) is 0 Å². The van der Waals surface area contributed by atoms with Crippen LogP contribution in [0.2, 0.25) is 0 Å². The number of fused-ring (bicyclic) bond motifs is 3. The predicted octanol–water partition coefficient (Wildman–Crippen LogP) is 3.51. The van der Waals surface area contributed by atoms with Gasteiger partial charge in [-0.1, -0.05) is 0 Å². The monoisotopic (exact) mass is 316 g/mol. The fourth-order valence-corrected chi connectivity index (χ4v) is 5.15. The number of nitrogens with zero attached hydrogens (tertiary/aromatic N) is 2. The lowest BCUT2D eigenvalue weighted by atomic mass is 9.91. The van der Waals surface area contributed by atoms with Gasteiger partial charge in [0, 0.05) is 17.0 Å². The standard InChI is InChI=1S/C17H24N4S/c1-18-11-6-8-12(9-7-11)21-16-15-13-4-2-3-5-14(13)22-17(15)20-10-19-16/h10-12,18H,2-9H2,1H3,(H,19,20,21). The first-order chi connectivity index (χ1) is 10.8. The highest BCUT2D eigenvalue weighted by molar-refractivity contribution is 7.19. The Morgan fingerprint density at radius 1 is 1.05 bits per heavy atom. The van der Waals surface area contributed by atoms with Gasteiger partial charge in [0.1, 0.15) is 17.0 Å². The maximum absolute atomic E-state index is 4.59. The highest BCUT2D eigenvalue weighted by Gasteiger charge is 2.23. The summed E-state index contributed by atoms with van der Waals surface area (Å²) in [5.74, 6) is 1.08. The summed E-state index contributed by atoms with van der Waals surface area (Å²) in [6.45, 7) is 0. The molecule has 4 rings (SSSR count). The zero-order valence-electron chi connectivity index (χ0n) is 13.2. The van der Waals surface area contributed by atoms with Gasteiger partial charge in [-0.25, -0.2) is 9.97 Å². The Balaban J connectivity index is 1.60. The first-order valence-electron chi connectivity index (χ1n) is 8.54. The van der Waals surface area contributed by atoms with Gasteiger partial charge in [-0.2, -0.15) is 0 Å². The minimum absolute atomic E-state index is 0.557. The minimum Gasteiger partial charge on any atom is -0.367 e. The molecule has 0 spiro atoms. The van der Waals surface area contributed by atoms with Gasteiger partial charge in [0.05, 0.1) is 5.39 Å². The molecule has 2 aromatic heterocycles. The molecular formula is C17H24N4S. The molecule has 2 heterocycles. The molecule has 4 nitrogen and oxygen atoms in total. The second-order valence-electron chi connectivity index (χ2n) is 6.59. The zero-order valence-corrected chi connectivity index (χ0v) is 14.0. The summed E-state index contributed by atoms with van der Waals surface area (Å²) in [7, 11) is 2.07. The van der Waals surface area contributed by atoms with Crippen molar-refractivity contribution in [2.24, 2.45) is 0 Å². The summed E-state index contributed by atoms with van der Waals surface area (Å²) in [5, 5.41) is 8.45. The van der Waals surface area contributed by atoms with E-state index in [-0.39, 0.29) is 0 Å². The molecule has 0 bridgehead atoms. The van der Waals surface area contributed by atoms with Gasteiger partial charge < -0.3 is 10.6 Å². The van der Waals surface area contributed by atoms with Crippen molar-refractivity contribution in [3.05, 3.63) is 16.8 Å². The first kappa shape index (κ1) is 14.4. The molecule has 0 aromatic carbocycles. The molecule has 2 N–H and O–H groups in total. The first-order valence-corrected chi connectivity index (χ1v) is 9.36. The van der Waals surface area contributed by atoms with Gasteiger partial charge in [0.2, 0.25) is 0 Å². The third kappa shape index (κ3) is 2.61. The number of aryl methyl sites for hydroxylation is 2. The van der Waals surface area contributed by atoms with Crippen molar-refractivity contribution in [1.29, 1.82) is 0 Å². The van der Waals surface area contributed by atoms with E-state index < -0.39 is 0 Å². The largest absolute Gasteiger partial charge is 0.367 e. The van der Waals surface area contributed by atoms with E-state index in [0.717, 1.165) is 5.82 Å². The van der Waals surface area contributed by atoms with Gasteiger partial charge in [-0.15, -0.1) is 11.3 Å². The topological polar surface area (TPSA) is 49.8 Å². The Labute approximate surface area is 135 Å². The van der Waals surface area contributed by atoms with Crippen LogP contribution in [0.5, 0.6) is 0 Å². The molecule has 22 heavy (non-hydrogen) atoms. The third-order valence-corrected chi connectivity index (χ3v) is 6.43. The summed E-state index contributed by atoms with van der Waals surface area (Å²) in [6.07, 6.45) is 11.7. The molecular weight excluding hydrogens is 292 g/mol. The molecule has 2 aliphatic rings. The predicted molar refractivity (Wildman–Crippen MR) is 92.8 cm³/mol. The maximum Gasteiger partial charge on any atom is 0.138 e. The van der Waals surface area contributed by atoms with Crippen LogP contribution in [0.1, 0.15) is 49.0 Å². The molecule has 0 aliphatic heterocycles. The van der Waals surface area contributed by atoms with E-state index in [1.165, 1.54) is 67.1 Å². The molecule has 0 atom stereocenters. The smallest absolute Gasteiger partial charge is 0.138 e. The number of anilines is 1. The van der Waals surface area contributed by atoms with Crippen LogP contribution >= 0.6 is 11.3 Å². The Morgan fingerprint density at radius 3 is 2.64 bits per heavy atom. The lowest BCUT2D eigenvalue weighted by molar-refractivity contribution is 0.371. The van der Waals surface area contributed by atoms with Gasteiger partial charge >= 0.3 is 0 Å². The number of rotatable bonds is 3. The van der Waals surface area contributed by atoms with E-state index >= 15 is 0 Å². The molecule has 0 amide bonds. The van der Waals surface area contributed by atoms with Gasteiger partial charge in [-0.05, 0) is 64.0 Å². The summed E-state index contributed by atoms with van der Waals surface area (Å²) in [5.41, 5.74) is 1.53. The Kier molecular flexibility index (Phi) is 4.01. The molecule has 1 saturated carbocycles. The van der Waals surface area contributed by atoms with E-state index in [9.17, 15) is 0 Å². The number of aromatic nitrogens is 2. The molecule has 0 radical (unpaired) electrons. The minimum atomic E-state index is 0.557. The molecule has 118 valence electrons. The lowest BCUT2D eigenvalue weighted by Gasteiger charge is -2.29. The average Bonchev–Trinajstić information content (AvgIpc) is 2.95. The highest BCUT2D eigenvalue weighted by Crippen LogP contribution is 2.38. The van der Waals surface area contributed by atoms with E-state index in [2.05, 4.69) is 27.6 Å². The van der Waals surface area contributed by atoms with Crippen LogP contribution in [0.4, 0.5) is 5.82 Å². The van der Waals surface area contributed by atoms with Crippen LogP contribution in [-0.4, -0.2) is 29.1 Å². The highest BCUT2D eigenvalue weighted by atomic mass is 32.1. The van der Waals surface area contributed by atoms with Crippen molar-refractivity contribution in [2.45, 2.75) is 63.5 Å². The molecule has 5 heteroatoms. The molecule has 0 unspecified atom stereocenters. The molecule has 2 aromatic rings. The average molecular weight is 316 g/mol. The number of hydrogen-bond donors (Lipinski definition) is 2. The molecule has 2 aliphatic carbocycles. The SMILES string of the molecule is CNC1CCC(Nc2ncnc3sc4c(c23)CCCC4)CC1. The van der Waals surface area contributed by atoms with Crippen LogP contribution in [0.25, 0.3) is 10.2 Å². The van der Waals surface area contributed by atoms with Crippen molar-refractivity contribution in [2.75, 3.05) is 12.4 Å². The van der Waals surface area contributed by atoms with Crippen LogP contribution in [-0.2, 0) is 12.8 Å². The van der Waals surface area contributed by atoms with Crippen molar-refractivity contribution in [3.63, 3.8) is 0 Å². The quantitative estimate of drug-likeness (QED) is 0.910. The Bertz CT molecular complexity index is 658. The van der Waals surface area contributed by atoms with Gasteiger partial charge in [0.25, 0.3) is 0 Å². The summed E-state index contributed by atoms with van der Waals surface area (Å²) in [4.78, 5) is 11.8.